The van der Waals surface area contributed by atoms with Crippen LogP contribution in [0, 0.1) is 5.82 Å². The monoisotopic (exact) mass is 474 g/mol. The third kappa shape index (κ3) is 4.72. The average molecular weight is 475 g/mol. The zero-order valence-corrected chi connectivity index (χ0v) is 19.2. The van der Waals surface area contributed by atoms with Gasteiger partial charge in [-0.2, -0.15) is 4.31 Å². The lowest BCUT2D eigenvalue weighted by Crippen LogP contribution is -2.51. The first kappa shape index (κ1) is 22.5. The fraction of sp³-hybridized carbons (Fsp3) is 0.273. The highest BCUT2D eigenvalue weighted by Gasteiger charge is 2.30. The molecule has 0 bridgehead atoms. The average Bonchev–Trinajstić information content (AvgIpc) is 3.18. The van der Waals surface area contributed by atoms with Crippen molar-refractivity contribution in [3.8, 4) is 11.3 Å². The number of thioether (sulfide) groups is 1. The molecule has 1 aliphatic rings. The first-order valence-electron chi connectivity index (χ1n) is 10.1. The molecule has 0 atom stereocenters. The number of aromatic nitrogens is 2. The van der Waals surface area contributed by atoms with Crippen molar-refractivity contribution in [2.24, 2.45) is 7.05 Å². The van der Waals surface area contributed by atoms with Crippen LogP contribution >= 0.6 is 11.8 Å². The Morgan fingerprint density at radius 3 is 2.47 bits per heavy atom. The molecule has 0 N–H and O–H groups in total. The van der Waals surface area contributed by atoms with Crippen molar-refractivity contribution in [2.45, 2.75) is 10.1 Å². The molecule has 10 heteroatoms. The Labute approximate surface area is 190 Å². The fourth-order valence-corrected chi connectivity index (χ4v) is 5.88. The predicted molar refractivity (Wildman–Crippen MR) is 121 cm³/mol. The number of halogens is 1. The molecule has 2 heterocycles. The van der Waals surface area contributed by atoms with Gasteiger partial charge in [0.15, 0.2) is 5.16 Å². The van der Waals surface area contributed by atoms with E-state index < -0.39 is 15.8 Å². The first-order chi connectivity index (χ1) is 15.4. The highest BCUT2D eigenvalue weighted by Crippen LogP contribution is 2.25. The van der Waals surface area contributed by atoms with E-state index in [1.807, 2.05) is 41.9 Å². The molecule has 1 saturated heterocycles. The van der Waals surface area contributed by atoms with Crippen LogP contribution in [0.15, 0.2) is 70.8 Å². The molecule has 0 radical (unpaired) electrons. The SMILES string of the molecule is Cn1c(-c2ccccc2)cnc1SCC(=O)N1CCN(S(=O)(=O)c2cccc(F)c2)CC1. The van der Waals surface area contributed by atoms with E-state index in [0.717, 1.165) is 22.5 Å². The summed E-state index contributed by atoms with van der Waals surface area (Å²) in [5, 5.41) is 0.740. The summed E-state index contributed by atoms with van der Waals surface area (Å²) in [6, 6.07) is 14.9. The highest BCUT2D eigenvalue weighted by molar-refractivity contribution is 7.99. The van der Waals surface area contributed by atoms with Gasteiger partial charge in [-0.1, -0.05) is 48.2 Å². The molecule has 1 amide bonds. The quantitative estimate of drug-likeness (QED) is 0.514. The Balaban J connectivity index is 1.33. The van der Waals surface area contributed by atoms with Gasteiger partial charge >= 0.3 is 0 Å². The Morgan fingerprint density at radius 1 is 1.06 bits per heavy atom. The van der Waals surface area contributed by atoms with Crippen LogP contribution in [0.1, 0.15) is 0 Å². The number of carbonyl (C=O) groups is 1. The van der Waals surface area contributed by atoms with E-state index in [9.17, 15) is 17.6 Å². The number of imidazole rings is 1. The summed E-state index contributed by atoms with van der Waals surface area (Å²) in [6.07, 6.45) is 1.79. The minimum absolute atomic E-state index is 0.0675. The molecule has 32 heavy (non-hydrogen) atoms. The Bertz CT molecular complexity index is 1210. The maximum absolute atomic E-state index is 13.4. The molecule has 0 saturated carbocycles. The molecule has 4 rings (SSSR count). The maximum atomic E-state index is 13.4. The minimum Gasteiger partial charge on any atom is -0.339 e. The van der Waals surface area contributed by atoms with E-state index in [2.05, 4.69) is 4.98 Å². The molecule has 1 fully saturated rings. The topological polar surface area (TPSA) is 75.5 Å². The molecule has 0 spiro atoms. The number of amides is 1. The van der Waals surface area contributed by atoms with Crippen molar-refractivity contribution in [1.29, 1.82) is 0 Å². The van der Waals surface area contributed by atoms with Gasteiger partial charge in [0, 0.05) is 33.2 Å². The normalized spacial score (nSPS) is 15.1. The van der Waals surface area contributed by atoms with E-state index in [-0.39, 0.29) is 29.6 Å². The molecule has 168 valence electrons. The summed E-state index contributed by atoms with van der Waals surface area (Å²) >= 11 is 1.36. The van der Waals surface area contributed by atoms with Gasteiger partial charge < -0.3 is 9.47 Å². The van der Waals surface area contributed by atoms with Crippen molar-refractivity contribution >= 4 is 27.7 Å². The van der Waals surface area contributed by atoms with E-state index in [1.54, 1.807) is 11.1 Å². The minimum atomic E-state index is -3.78. The van der Waals surface area contributed by atoms with Crippen LogP contribution in [-0.4, -0.2) is 65.0 Å². The fourth-order valence-electron chi connectivity index (χ4n) is 3.58. The van der Waals surface area contributed by atoms with Crippen LogP contribution < -0.4 is 0 Å². The summed E-state index contributed by atoms with van der Waals surface area (Å²) in [4.78, 5) is 18.7. The highest BCUT2D eigenvalue weighted by atomic mass is 32.2. The maximum Gasteiger partial charge on any atom is 0.243 e. The van der Waals surface area contributed by atoms with Crippen molar-refractivity contribution in [3.05, 3.63) is 66.6 Å². The third-order valence-corrected chi connectivity index (χ3v) is 8.29. The number of piperazine rings is 1. The number of nitrogens with zero attached hydrogens (tertiary/aromatic N) is 4. The van der Waals surface area contributed by atoms with Crippen molar-refractivity contribution in [1.82, 2.24) is 18.8 Å². The van der Waals surface area contributed by atoms with Crippen molar-refractivity contribution < 1.29 is 17.6 Å². The zero-order chi connectivity index (χ0) is 22.7. The standard InChI is InChI=1S/C22H23FN4O3S2/c1-25-20(17-6-3-2-4-7-17)15-24-22(25)31-16-21(28)26-10-12-27(13-11-26)32(29,30)19-9-5-8-18(23)14-19/h2-9,14-15H,10-13,16H2,1H3. The van der Waals surface area contributed by atoms with Gasteiger partial charge in [-0.05, 0) is 23.8 Å². The molecular weight excluding hydrogens is 451 g/mol. The molecule has 0 unspecified atom stereocenters. The van der Waals surface area contributed by atoms with Crippen LogP contribution in [0.2, 0.25) is 0 Å². The van der Waals surface area contributed by atoms with Gasteiger partial charge in [0.1, 0.15) is 5.82 Å². The molecule has 0 aliphatic carbocycles. The second kappa shape index (κ2) is 9.43. The molecule has 2 aromatic carbocycles. The van der Waals surface area contributed by atoms with E-state index in [0.29, 0.717) is 13.1 Å². The van der Waals surface area contributed by atoms with E-state index >= 15 is 0 Å². The van der Waals surface area contributed by atoms with Crippen LogP contribution in [0.25, 0.3) is 11.3 Å². The Morgan fingerprint density at radius 2 is 1.78 bits per heavy atom. The summed E-state index contributed by atoms with van der Waals surface area (Å²) in [5.41, 5.74) is 2.02. The number of carbonyl (C=O) groups excluding carboxylic acids is 1. The molecule has 7 nitrogen and oxygen atoms in total. The molecule has 3 aromatic rings. The predicted octanol–water partition coefficient (Wildman–Crippen LogP) is 2.85. The van der Waals surface area contributed by atoms with Crippen LogP contribution in [-0.2, 0) is 21.9 Å². The second-order valence-corrected chi connectivity index (χ2v) is 10.3. The van der Waals surface area contributed by atoms with E-state index in [1.165, 1.54) is 34.3 Å². The largest absolute Gasteiger partial charge is 0.339 e. The van der Waals surface area contributed by atoms with E-state index in [4.69, 9.17) is 0 Å². The van der Waals surface area contributed by atoms with Gasteiger partial charge in [0.25, 0.3) is 0 Å². The Hall–Kier alpha value is -2.69. The Kier molecular flexibility index (Phi) is 6.63. The van der Waals surface area contributed by atoms with Crippen molar-refractivity contribution in [3.63, 3.8) is 0 Å². The van der Waals surface area contributed by atoms with Gasteiger partial charge in [-0.25, -0.2) is 17.8 Å². The zero-order valence-electron chi connectivity index (χ0n) is 17.5. The number of hydrogen-bond acceptors (Lipinski definition) is 5. The lowest BCUT2D eigenvalue weighted by atomic mass is 10.2. The number of hydrogen-bond donors (Lipinski definition) is 0. The van der Waals surface area contributed by atoms with Crippen LogP contribution in [0.4, 0.5) is 4.39 Å². The smallest absolute Gasteiger partial charge is 0.243 e. The van der Waals surface area contributed by atoms with Gasteiger partial charge in [-0.3, -0.25) is 4.79 Å². The summed E-state index contributed by atoms with van der Waals surface area (Å²) in [5.74, 6) is -0.445. The number of rotatable bonds is 6. The molecular formula is C22H23FN4O3S2. The summed E-state index contributed by atoms with van der Waals surface area (Å²) in [7, 11) is -1.87. The number of sulfonamides is 1. The van der Waals surface area contributed by atoms with Crippen molar-refractivity contribution in [2.75, 3.05) is 31.9 Å². The lowest BCUT2D eigenvalue weighted by molar-refractivity contribution is -0.129. The third-order valence-electron chi connectivity index (χ3n) is 5.37. The summed E-state index contributed by atoms with van der Waals surface area (Å²) in [6.45, 7) is 0.944. The van der Waals surface area contributed by atoms with Gasteiger partial charge in [-0.15, -0.1) is 0 Å². The van der Waals surface area contributed by atoms with Crippen LogP contribution in [0.3, 0.4) is 0 Å². The van der Waals surface area contributed by atoms with Gasteiger partial charge in [0.05, 0.1) is 22.5 Å². The van der Waals surface area contributed by atoms with Crippen LogP contribution in [0.5, 0.6) is 0 Å². The number of benzene rings is 2. The van der Waals surface area contributed by atoms with Gasteiger partial charge in [0.2, 0.25) is 15.9 Å². The second-order valence-electron chi connectivity index (χ2n) is 7.38. The first-order valence-corrected chi connectivity index (χ1v) is 12.5. The summed E-state index contributed by atoms with van der Waals surface area (Å²) < 4.78 is 42.1. The molecule has 1 aliphatic heterocycles. The lowest BCUT2D eigenvalue weighted by Gasteiger charge is -2.34. The molecule has 1 aromatic heterocycles.